The minimum absolute atomic E-state index is 0.0551. The molecule has 1 saturated carbocycles. The van der Waals surface area contributed by atoms with Crippen molar-refractivity contribution in [1.29, 1.82) is 0 Å². The number of anilines is 2. The molecule has 0 radical (unpaired) electrons. The third kappa shape index (κ3) is 3.99. The predicted octanol–water partition coefficient (Wildman–Crippen LogP) is 3.05. The number of carbonyl (C=O) groups excluding carboxylic acids is 1. The molecular formula is C18H25N3O3. The molecule has 6 heteroatoms. The topological polar surface area (TPSA) is 81.7 Å². The van der Waals surface area contributed by atoms with Crippen LogP contribution in [0.15, 0.2) is 24.3 Å². The first-order chi connectivity index (χ1) is 11.6. The lowest BCUT2D eigenvalue weighted by Gasteiger charge is -2.27. The van der Waals surface area contributed by atoms with Gasteiger partial charge in [0.2, 0.25) is 0 Å². The van der Waals surface area contributed by atoms with E-state index < -0.39 is 5.97 Å². The molecule has 2 aliphatic rings. The zero-order valence-corrected chi connectivity index (χ0v) is 13.8. The lowest BCUT2D eigenvalue weighted by atomic mass is 9.86. The van der Waals surface area contributed by atoms with Crippen molar-refractivity contribution < 1.29 is 14.7 Å². The van der Waals surface area contributed by atoms with E-state index in [2.05, 4.69) is 15.5 Å². The van der Waals surface area contributed by atoms with Gasteiger partial charge < -0.3 is 20.6 Å². The van der Waals surface area contributed by atoms with E-state index in [4.69, 9.17) is 5.11 Å². The first kappa shape index (κ1) is 16.6. The quantitative estimate of drug-likeness (QED) is 0.792. The fraction of sp³-hybridized carbons (Fsp3) is 0.556. The fourth-order valence-corrected chi connectivity index (χ4v) is 3.64. The molecule has 0 aromatic heterocycles. The summed E-state index contributed by atoms with van der Waals surface area (Å²) < 4.78 is 0. The highest BCUT2D eigenvalue weighted by molar-refractivity contribution is 5.93. The first-order valence-corrected chi connectivity index (χ1v) is 8.78. The molecule has 1 aliphatic heterocycles. The maximum Gasteiger partial charge on any atom is 0.319 e. The molecule has 3 rings (SSSR count). The van der Waals surface area contributed by atoms with E-state index in [-0.39, 0.29) is 18.0 Å². The lowest BCUT2D eigenvalue weighted by Crippen LogP contribution is -2.41. The second-order valence-corrected chi connectivity index (χ2v) is 6.70. The van der Waals surface area contributed by atoms with Crippen LogP contribution in [0.25, 0.3) is 0 Å². The molecule has 130 valence electrons. The molecule has 6 nitrogen and oxygen atoms in total. The van der Waals surface area contributed by atoms with Crippen molar-refractivity contribution in [1.82, 2.24) is 5.32 Å². The Morgan fingerprint density at radius 3 is 2.38 bits per heavy atom. The monoisotopic (exact) mass is 331 g/mol. The van der Waals surface area contributed by atoms with Crippen molar-refractivity contribution in [2.75, 3.05) is 23.3 Å². The van der Waals surface area contributed by atoms with E-state index in [9.17, 15) is 9.59 Å². The summed E-state index contributed by atoms with van der Waals surface area (Å²) in [4.78, 5) is 25.6. The van der Waals surface area contributed by atoms with Crippen LogP contribution in [0.5, 0.6) is 0 Å². The van der Waals surface area contributed by atoms with Crippen LogP contribution in [0, 0.1) is 5.92 Å². The minimum atomic E-state index is -0.725. The SMILES string of the molecule is O=C(Nc1ccccc1N1CCCC1)NC1CCC(C(=O)O)CC1. The van der Waals surface area contributed by atoms with Gasteiger partial charge >= 0.3 is 12.0 Å². The van der Waals surface area contributed by atoms with Crippen molar-refractivity contribution in [2.24, 2.45) is 5.92 Å². The van der Waals surface area contributed by atoms with E-state index >= 15 is 0 Å². The smallest absolute Gasteiger partial charge is 0.319 e. The van der Waals surface area contributed by atoms with Gasteiger partial charge in [-0.1, -0.05) is 12.1 Å². The Morgan fingerprint density at radius 1 is 1.04 bits per heavy atom. The summed E-state index contributed by atoms with van der Waals surface area (Å²) in [5, 5.41) is 15.0. The van der Waals surface area contributed by atoms with E-state index in [1.54, 1.807) is 0 Å². The second kappa shape index (κ2) is 7.55. The molecule has 0 spiro atoms. The Bertz CT molecular complexity index is 591. The Kier molecular flexibility index (Phi) is 5.23. The standard InChI is InChI=1S/C18H25N3O3/c22-17(23)13-7-9-14(10-8-13)19-18(24)20-15-5-1-2-6-16(15)21-11-3-4-12-21/h1-2,5-6,13-14H,3-4,7-12H2,(H,22,23)(H2,19,20,24). The molecule has 1 heterocycles. The van der Waals surface area contributed by atoms with Gasteiger partial charge in [0.15, 0.2) is 0 Å². The zero-order valence-electron chi connectivity index (χ0n) is 13.8. The average molecular weight is 331 g/mol. The molecule has 0 atom stereocenters. The van der Waals surface area contributed by atoms with E-state index in [0.717, 1.165) is 37.3 Å². The molecule has 1 aromatic rings. The van der Waals surface area contributed by atoms with E-state index in [1.807, 2.05) is 24.3 Å². The molecule has 3 N–H and O–H groups in total. The van der Waals surface area contributed by atoms with Gasteiger partial charge in [0.1, 0.15) is 0 Å². The summed E-state index contributed by atoms with van der Waals surface area (Å²) in [7, 11) is 0. The summed E-state index contributed by atoms with van der Waals surface area (Å²) in [5.41, 5.74) is 1.90. The number of rotatable bonds is 4. The number of hydrogen-bond donors (Lipinski definition) is 3. The van der Waals surface area contributed by atoms with Gasteiger partial charge in [0, 0.05) is 19.1 Å². The summed E-state index contributed by atoms with van der Waals surface area (Å²) in [6.45, 7) is 2.05. The van der Waals surface area contributed by atoms with E-state index in [1.165, 1.54) is 12.8 Å². The number of benzene rings is 1. The van der Waals surface area contributed by atoms with Crippen LogP contribution in [0.3, 0.4) is 0 Å². The number of nitrogens with zero attached hydrogens (tertiary/aromatic N) is 1. The van der Waals surface area contributed by atoms with Crippen LogP contribution in [0.4, 0.5) is 16.2 Å². The number of carboxylic acids is 1. The number of para-hydroxylation sites is 2. The van der Waals surface area contributed by atoms with Gasteiger partial charge in [0.05, 0.1) is 17.3 Å². The van der Waals surface area contributed by atoms with Gasteiger partial charge in [-0.2, -0.15) is 0 Å². The van der Waals surface area contributed by atoms with Crippen LogP contribution in [-0.4, -0.2) is 36.2 Å². The number of carbonyl (C=O) groups is 2. The Labute approximate surface area is 142 Å². The number of carboxylic acid groups (broad SMARTS) is 1. The number of nitrogens with one attached hydrogen (secondary N) is 2. The van der Waals surface area contributed by atoms with Crippen molar-refractivity contribution in [3.63, 3.8) is 0 Å². The molecule has 1 saturated heterocycles. The van der Waals surface area contributed by atoms with Crippen LogP contribution in [0.1, 0.15) is 38.5 Å². The van der Waals surface area contributed by atoms with Crippen molar-refractivity contribution in [2.45, 2.75) is 44.6 Å². The number of hydrogen-bond acceptors (Lipinski definition) is 3. The van der Waals surface area contributed by atoms with Gasteiger partial charge in [-0.05, 0) is 50.7 Å². The summed E-state index contributed by atoms with van der Waals surface area (Å²) in [5.74, 6) is -0.987. The summed E-state index contributed by atoms with van der Waals surface area (Å²) in [6.07, 6.45) is 5.08. The molecular weight excluding hydrogens is 306 g/mol. The van der Waals surface area contributed by atoms with Crippen LogP contribution < -0.4 is 15.5 Å². The normalized spacial score (nSPS) is 23.8. The molecule has 1 aromatic carbocycles. The minimum Gasteiger partial charge on any atom is -0.481 e. The average Bonchev–Trinajstić information content (AvgIpc) is 3.10. The molecule has 24 heavy (non-hydrogen) atoms. The summed E-state index contributed by atoms with van der Waals surface area (Å²) in [6, 6.07) is 7.73. The highest BCUT2D eigenvalue weighted by Crippen LogP contribution is 2.29. The highest BCUT2D eigenvalue weighted by Gasteiger charge is 2.27. The largest absolute Gasteiger partial charge is 0.481 e. The fourth-order valence-electron chi connectivity index (χ4n) is 3.64. The maximum absolute atomic E-state index is 12.3. The molecule has 0 bridgehead atoms. The van der Waals surface area contributed by atoms with Crippen molar-refractivity contribution in [3.05, 3.63) is 24.3 Å². The Hall–Kier alpha value is -2.24. The third-order valence-corrected chi connectivity index (χ3v) is 5.01. The van der Waals surface area contributed by atoms with Crippen molar-refractivity contribution >= 4 is 23.4 Å². The lowest BCUT2D eigenvalue weighted by molar-refractivity contribution is -0.142. The summed E-state index contributed by atoms with van der Waals surface area (Å²) >= 11 is 0. The van der Waals surface area contributed by atoms with Gasteiger partial charge in [0.25, 0.3) is 0 Å². The van der Waals surface area contributed by atoms with Gasteiger partial charge in [-0.15, -0.1) is 0 Å². The zero-order chi connectivity index (χ0) is 16.9. The Balaban J connectivity index is 1.55. The maximum atomic E-state index is 12.3. The molecule has 2 amide bonds. The van der Waals surface area contributed by atoms with Gasteiger partial charge in [-0.3, -0.25) is 4.79 Å². The third-order valence-electron chi connectivity index (χ3n) is 5.01. The highest BCUT2D eigenvalue weighted by atomic mass is 16.4. The number of amides is 2. The number of aliphatic carboxylic acids is 1. The van der Waals surface area contributed by atoms with Gasteiger partial charge in [-0.25, -0.2) is 4.79 Å². The van der Waals surface area contributed by atoms with Crippen LogP contribution in [-0.2, 0) is 4.79 Å². The molecule has 2 fully saturated rings. The predicted molar refractivity (Wildman–Crippen MR) is 93.4 cm³/mol. The Morgan fingerprint density at radius 2 is 1.71 bits per heavy atom. The number of urea groups is 1. The second-order valence-electron chi connectivity index (χ2n) is 6.70. The molecule has 0 unspecified atom stereocenters. The van der Waals surface area contributed by atoms with Crippen LogP contribution in [0.2, 0.25) is 0 Å². The first-order valence-electron chi connectivity index (χ1n) is 8.78. The molecule has 1 aliphatic carbocycles. The van der Waals surface area contributed by atoms with Crippen LogP contribution >= 0.6 is 0 Å². The van der Waals surface area contributed by atoms with Crippen molar-refractivity contribution in [3.8, 4) is 0 Å². The van der Waals surface area contributed by atoms with E-state index in [0.29, 0.717) is 12.8 Å².